The van der Waals surface area contributed by atoms with Gasteiger partial charge < -0.3 is 9.64 Å². The van der Waals surface area contributed by atoms with Crippen LogP contribution < -0.4 is 10.2 Å². The van der Waals surface area contributed by atoms with E-state index in [1.807, 2.05) is 36.6 Å². The van der Waals surface area contributed by atoms with Crippen LogP contribution in [-0.2, 0) is 0 Å². The number of nitrogens with one attached hydrogen (secondary N) is 1. The predicted octanol–water partition coefficient (Wildman–Crippen LogP) is 4.40. The van der Waals surface area contributed by atoms with Gasteiger partial charge in [0.05, 0.1) is 18.5 Å². The molecule has 1 fully saturated rings. The number of hydrazone groups is 1. The lowest BCUT2D eigenvalue weighted by Crippen LogP contribution is -2.35. The van der Waals surface area contributed by atoms with Crippen molar-refractivity contribution in [2.24, 2.45) is 11.0 Å². The highest BCUT2D eigenvalue weighted by atomic mass is 32.1. The minimum atomic E-state index is 0.752. The number of rotatable bonds is 8. The van der Waals surface area contributed by atoms with Gasteiger partial charge in [0.25, 0.3) is 0 Å². The monoisotopic (exact) mass is 372 g/mol. The molecule has 0 saturated carbocycles. The summed E-state index contributed by atoms with van der Waals surface area (Å²) in [5, 5.41) is 7.04. The van der Waals surface area contributed by atoms with Crippen molar-refractivity contribution in [3.8, 4) is 5.75 Å². The molecule has 1 aromatic carbocycles. The highest BCUT2D eigenvalue weighted by molar-refractivity contribution is 7.13. The number of anilines is 1. The molecule has 0 amide bonds. The van der Waals surface area contributed by atoms with Crippen molar-refractivity contribution < 1.29 is 4.74 Å². The topological polar surface area (TPSA) is 49.8 Å². The molecule has 1 N–H and O–H groups in total. The average molecular weight is 373 g/mol. The zero-order valence-corrected chi connectivity index (χ0v) is 16.5. The Bertz CT molecular complexity index is 715. The molecule has 1 atom stereocenters. The van der Waals surface area contributed by atoms with Crippen LogP contribution >= 0.6 is 11.3 Å². The van der Waals surface area contributed by atoms with E-state index in [2.05, 4.69) is 27.3 Å². The fourth-order valence-corrected chi connectivity index (χ4v) is 3.86. The number of likely N-dealkylation sites (tertiary alicyclic amines) is 1. The molecular weight excluding hydrogens is 344 g/mol. The molecule has 1 aromatic heterocycles. The van der Waals surface area contributed by atoms with Crippen LogP contribution in [0.1, 0.15) is 37.4 Å². The van der Waals surface area contributed by atoms with E-state index in [0.717, 1.165) is 47.6 Å². The Morgan fingerprint density at radius 2 is 2.38 bits per heavy atom. The summed E-state index contributed by atoms with van der Waals surface area (Å²) in [6.07, 6.45) is 5.56. The van der Waals surface area contributed by atoms with Gasteiger partial charge in [-0.25, -0.2) is 4.98 Å². The number of thiazole rings is 1. The molecule has 5 nitrogen and oxygen atoms in total. The van der Waals surface area contributed by atoms with Crippen LogP contribution in [0.4, 0.5) is 5.13 Å². The Morgan fingerprint density at radius 1 is 1.46 bits per heavy atom. The second-order valence-electron chi connectivity index (χ2n) is 6.99. The standard InChI is InChI=1S/C20H28N4OS/c1-16-6-4-9-24(14-16)10-5-11-25-19-8-3-7-18(12-19)13-21-23-20-22-17(2)15-26-20/h3,7-8,12-13,15-16H,4-6,9-11,14H2,1-2H3,(H,22,23). The largest absolute Gasteiger partial charge is 0.494 e. The Balaban J connectivity index is 1.40. The minimum Gasteiger partial charge on any atom is -0.494 e. The lowest BCUT2D eigenvalue weighted by atomic mass is 10.0. The van der Waals surface area contributed by atoms with Gasteiger partial charge in [-0.2, -0.15) is 5.10 Å². The molecule has 2 heterocycles. The van der Waals surface area contributed by atoms with Gasteiger partial charge >= 0.3 is 0 Å². The number of benzene rings is 1. The summed E-state index contributed by atoms with van der Waals surface area (Å²) in [6, 6.07) is 8.02. The Morgan fingerprint density at radius 3 is 3.19 bits per heavy atom. The maximum Gasteiger partial charge on any atom is 0.203 e. The van der Waals surface area contributed by atoms with E-state index < -0.39 is 0 Å². The maximum atomic E-state index is 5.91. The molecule has 1 saturated heterocycles. The minimum absolute atomic E-state index is 0.752. The number of piperidine rings is 1. The molecule has 1 aliphatic rings. The number of aryl methyl sites for hydroxylation is 1. The summed E-state index contributed by atoms with van der Waals surface area (Å²) in [7, 11) is 0. The van der Waals surface area contributed by atoms with Crippen LogP contribution in [0.15, 0.2) is 34.7 Å². The first-order chi connectivity index (χ1) is 12.7. The lowest BCUT2D eigenvalue weighted by Gasteiger charge is -2.30. The first-order valence-corrected chi connectivity index (χ1v) is 10.2. The Labute approximate surface area is 160 Å². The van der Waals surface area contributed by atoms with Crippen molar-refractivity contribution in [1.29, 1.82) is 0 Å². The Kier molecular flexibility index (Phi) is 7.03. The second kappa shape index (κ2) is 9.69. The SMILES string of the molecule is Cc1csc(NN=Cc2cccc(OCCCN3CCCC(C)C3)c2)n1. The zero-order valence-electron chi connectivity index (χ0n) is 15.6. The summed E-state index contributed by atoms with van der Waals surface area (Å²) in [4.78, 5) is 6.88. The molecule has 140 valence electrons. The Hall–Kier alpha value is -1.92. The molecule has 2 aromatic rings. The van der Waals surface area contributed by atoms with E-state index in [1.54, 1.807) is 17.6 Å². The smallest absolute Gasteiger partial charge is 0.203 e. The molecule has 3 rings (SSSR count). The molecule has 26 heavy (non-hydrogen) atoms. The van der Waals surface area contributed by atoms with E-state index in [9.17, 15) is 0 Å². The summed E-state index contributed by atoms with van der Waals surface area (Å²) in [5.41, 5.74) is 4.97. The van der Waals surface area contributed by atoms with Crippen molar-refractivity contribution in [3.63, 3.8) is 0 Å². The number of hydrogen-bond donors (Lipinski definition) is 1. The average Bonchev–Trinajstić information content (AvgIpc) is 3.04. The van der Waals surface area contributed by atoms with Gasteiger partial charge in [0, 0.05) is 18.5 Å². The molecule has 0 bridgehead atoms. The van der Waals surface area contributed by atoms with Crippen LogP contribution in [0.3, 0.4) is 0 Å². The summed E-state index contributed by atoms with van der Waals surface area (Å²) in [5.74, 6) is 1.73. The quantitative estimate of drug-likeness (QED) is 0.424. The molecule has 1 unspecified atom stereocenters. The van der Waals surface area contributed by atoms with Gasteiger partial charge in [-0.3, -0.25) is 5.43 Å². The number of aromatic nitrogens is 1. The van der Waals surface area contributed by atoms with Crippen LogP contribution in [-0.4, -0.2) is 42.3 Å². The number of hydrogen-bond acceptors (Lipinski definition) is 6. The summed E-state index contributed by atoms with van der Waals surface area (Å²) >= 11 is 1.55. The molecule has 1 aliphatic heterocycles. The van der Waals surface area contributed by atoms with Gasteiger partial charge in [-0.05, 0) is 56.3 Å². The van der Waals surface area contributed by atoms with Gasteiger partial charge in [0.1, 0.15) is 5.75 Å². The van der Waals surface area contributed by atoms with Crippen molar-refractivity contribution in [2.45, 2.75) is 33.1 Å². The molecule has 0 radical (unpaired) electrons. The number of nitrogens with zero attached hydrogens (tertiary/aromatic N) is 3. The molecule has 6 heteroatoms. The molecule has 0 spiro atoms. The molecular formula is C20H28N4OS. The van der Waals surface area contributed by atoms with Gasteiger partial charge in [-0.1, -0.05) is 19.1 Å². The van der Waals surface area contributed by atoms with E-state index >= 15 is 0 Å². The van der Waals surface area contributed by atoms with Crippen LogP contribution in [0.2, 0.25) is 0 Å². The lowest BCUT2D eigenvalue weighted by molar-refractivity contribution is 0.170. The van der Waals surface area contributed by atoms with E-state index in [0.29, 0.717) is 0 Å². The predicted molar refractivity (Wildman–Crippen MR) is 109 cm³/mol. The van der Waals surface area contributed by atoms with Crippen LogP contribution in [0, 0.1) is 12.8 Å². The highest BCUT2D eigenvalue weighted by Crippen LogP contribution is 2.17. The third-order valence-corrected chi connectivity index (χ3v) is 5.34. The first kappa shape index (κ1) is 18.9. The summed E-state index contributed by atoms with van der Waals surface area (Å²) in [6.45, 7) is 8.67. The fourth-order valence-electron chi connectivity index (χ4n) is 3.22. The van der Waals surface area contributed by atoms with E-state index in [4.69, 9.17) is 4.74 Å². The fraction of sp³-hybridized carbons (Fsp3) is 0.500. The van der Waals surface area contributed by atoms with Crippen molar-refractivity contribution in [1.82, 2.24) is 9.88 Å². The van der Waals surface area contributed by atoms with Crippen molar-refractivity contribution in [2.75, 3.05) is 31.7 Å². The van der Waals surface area contributed by atoms with Gasteiger partial charge in [0.2, 0.25) is 5.13 Å². The zero-order chi connectivity index (χ0) is 18.2. The highest BCUT2D eigenvalue weighted by Gasteiger charge is 2.15. The van der Waals surface area contributed by atoms with Crippen molar-refractivity contribution >= 4 is 22.7 Å². The normalized spacial score (nSPS) is 18.3. The second-order valence-corrected chi connectivity index (χ2v) is 7.84. The summed E-state index contributed by atoms with van der Waals surface area (Å²) < 4.78 is 5.91. The maximum absolute atomic E-state index is 5.91. The third kappa shape index (κ3) is 6.11. The number of ether oxygens (including phenoxy) is 1. The first-order valence-electron chi connectivity index (χ1n) is 9.35. The van der Waals surface area contributed by atoms with E-state index in [1.165, 1.54) is 25.9 Å². The third-order valence-electron chi connectivity index (χ3n) is 4.48. The van der Waals surface area contributed by atoms with E-state index in [-0.39, 0.29) is 0 Å². The van der Waals surface area contributed by atoms with Crippen LogP contribution in [0.25, 0.3) is 0 Å². The van der Waals surface area contributed by atoms with Crippen LogP contribution in [0.5, 0.6) is 5.75 Å². The van der Waals surface area contributed by atoms with Crippen molar-refractivity contribution in [3.05, 3.63) is 40.9 Å². The molecule has 0 aliphatic carbocycles. The van der Waals surface area contributed by atoms with Gasteiger partial charge in [-0.15, -0.1) is 11.3 Å². The van der Waals surface area contributed by atoms with Gasteiger partial charge in [0.15, 0.2) is 0 Å².